The monoisotopic (exact) mass is 401 g/mol. The number of hydrogen-bond acceptors (Lipinski definition) is 4. The van der Waals surface area contributed by atoms with Crippen LogP contribution in [0.25, 0.3) is 0 Å². The molecule has 0 spiro atoms. The summed E-state index contributed by atoms with van der Waals surface area (Å²) in [6.07, 6.45) is 6.07. The van der Waals surface area contributed by atoms with Crippen molar-refractivity contribution >= 4 is 7.12 Å². The molecule has 29 heavy (non-hydrogen) atoms. The molecule has 0 bridgehead atoms. The summed E-state index contributed by atoms with van der Waals surface area (Å²) in [5, 5.41) is 2.04. The molecule has 5 heteroatoms. The van der Waals surface area contributed by atoms with Crippen molar-refractivity contribution < 1.29 is 14.1 Å². The van der Waals surface area contributed by atoms with Gasteiger partial charge in [0.25, 0.3) is 0 Å². The SMILES string of the molecule is C[C@H]1CC(CN(C)OCc2ccccc2)C[C@H]1CCCB1OC(C)(C)C(C)(C)O1. The Labute approximate surface area is 178 Å². The van der Waals surface area contributed by atoms with Gasteiger partial charge in [-0.05, 0) is 70.2 Å². The number of benzene rings is 1. The predicted molar refractivity (Wildman–Crippen MR) is 119 cm³/mol. The Kier molecular flexibility index (Phi) is 7.48. The fraction of sp³-hybridized carbons (Fsp3) is 0.750. The lowest BCUT2D eigenvalue weighted by Crippen LogP contribution is -2.41. The first-order valence-corrected chi connectivity index (χ1v) is 11.4. The highest BCUT2D eigenvalue weighted by atomic mass is 16.7. The summed E-state index contributed by atoms with van der Waals surface area (Å²) in [7, 11) is 2.02. The maximum atomic E-state index is 6.15. The van der Waals surface area contributed by atoms with Gasteiger partial charge in [0.15, 0.2) is 0 Å². The van der Waals surface area contributed by atoms with Crippen molar-refractivity contribution in [2.24, 2.45) is 17.8 Å². The molecule has 2 aliphatic rings. The summed E-state index contributed by atoms with van der Waals surface area (Å²) in [5.41, 5.74) is 0.793. The summed E-state index contributed by atoms with van der Waals surface area (Å²) in [4.78, 5) is 5.95. The number of rotatable bonds is 9. The molecule has 3 rings (SSSR count). The molecular weight excluding hydrogens is 361 g/mol. The van der Waals surface area contributed by atoms with Crippen LogP contribution in [-0.2, 0) is 20.8 Å². The lowest BCUT2D eigenvalue weighted by molar-refractivity contribution is -0.157. The van der Waals surface area contributed by atoms with Gasteiger partial charge in [0.1, 0.15) is 0 Å². The van der Waals surface area contributed by atoms with Crippen LogP contribution in [0.4, 0.5) is 0 Å². The molecular formula is C24H40BNO3. The molecule has 1 saturated carbocycles. The topological polar surface area (TPSA) is 30.9 Å². The van der Waals surface area contributed by atoms with E-state index in [4.69, 9.17) is 14.1 Å². The van der Waals surface area contributed by atoms with Gasteiger partial charge in [-0.2, -0.15) is 5.06 Å². The van der Waals surface area contributed by atoms with E-state index in [0.29, 0.717) is 6.61 Å². The van der Waals surface area contributed by atoms with Crippen molar-refractivity contribution in [3.63, 3.8) is 0 Å². The number of nitrogens with zero attached hydrogens (tertiary/aromatic N) is 1. The maximum Gasteiger partial charge on any atom is 0.457 e. The normalized spacial score (nSPS) is 28.4. The molecule has 1 heterocycles. The maximum absolute atomic E-state index is 6.15. The Hall–Kier alpha value is -0.875. The molecule has 1 unspecified atom stereocenters. The standard InChI is InChI=1S/C24H40BNO3/c1-19-15-21(17-26(6)27-18-20-11-8-7-9-12-20)16-22(19)13-10-14-25-28-23(2,3)24(4,5)29-25/h7-9,11-12,19,21-22H,10,13-18H2,1-6H3/t19-,21?,22+/m0/s1. The summed E-state index contributed by atoms with van der Waals surface area (Å²) in [6, 6.07) is 10.4. The number of hydrogen-bond donors (Lipinski definition) is 0. The van der Waals surface area contributed by atoms with Crippen LogP contribution in [0.15, 0.2) is 30.3 Å². The first-order chi connectivity index (χ1) is 13.7. The second kappa shape index (κ2) is 9.51. The molecule has 2 fully saturated rings. The molecule has 0 aromatic heterocycles. The van der Waals surface area contributed by atoms with Crippen molar-refractivity contribution in [2.75, 3.05) is 13.6 Å². The molecule has 162 valence electrons. The van der Waals surface area contributed by atoms with Crippen molar-refractivity contribution in [1.29, 1.82) is 0 Å². The second-order valence-electron chi connectivity index (χ2n) is 10.3. The fourth-order valence-electron chi connectivity index (χ4n) is 4.83. The van der Waals surface area contributed by atoms with Gasteiger partial charge in [-0.25, -0.2) is 0 Å². The van der Waals surface area contributed by atoms with Crippen LogP contribution in [0.3, 0.4) is 0 Å². The van der Waals surface area contributed by atoms with Crippen LogP contribution in [0.5, 0.6) is 0 Å². The van der Waals surface area contributed by atoms with Gasteiger partial charge in [0, 0.05) is 13.6 Å². The lowest BCUT2D eigenvalue weighted by atomic mass is 9.80. The Bertz CT molecular complexity index is 620. The minimum atomic E-state index is -0.215. The van der Waals surface area contributed by atoms with Crippen LogP contribution >= 0.6 is 0 Å². The van der Waals surface area contributed by atoms with Crippen molar-refractivity contribution in [2.45, 2.75) is 84.4 Å². The van der Waals surface area contributed by atoms with Gasteiger partial charge in [-0.1, -0.05) is 50.1 Å². The largest absolute Gasteiger partial charge is 0.457 e. The Morgan fingerprint density at radius 2 is 1.72 bits per heavy atom. The molecule has 1 aromatic rings. The van der Waals surface area contributed by atoms with E-state index in [-0.39, 0.29) is 18.3 Å². The van der Waals surface area contributed by atoms with E-state index in [1.165, 1.54) is 31.2 Å². The van der Waals surface area contributed by atoms with Crippen LogP contribution in [0.2, 0.25) is 6.32 Å². The molecule has 1 aliphatic carbocycles. The zero-order chi connectivity index (χ0) is 21.1. The van der Waals surface area contributed by atoms with Crippen molar-refractivity contribution in [3.8, 4) is 0 Å². The van der Waals surface area contributed by atoms with Gasteiger partial charge < -0.3 is 9.31 Å². The summed E-state index contributed by atoms with van der Waals surface area (Å²) < 4.78 is 12.3. The molecule has 0 N–H and O–H groups in total. The van der Waals surface area contributed by atoms with E-state index in [1.807, 2.05) is 11.1 Å². The summed E-state index contributed by atoms with van der Waals surface area (Å²) in [5.74, 6) is 2.33. The van der Waals surface area contributed by atoms with E-state index in [0.717, 1.165) is 30.6 Å². The zero-order valence-electron chi connectivity index (χ0n) is 19.3. The van der Waals surface area contributed by atoms with E-state index in [2.05, 4.69) is 65.9 Å². The van der Waals surface area contributed by atoms with Crippen LogP contribution < -0.4 is 0 Å². The highest BCUT2D eigenvalue weighted by molar-refractivity contribution is 6.45. The average molecular weight is 401 g/mol. The van der Waals surface area contributed by atoms with Gasteiger partial charge in [-0.15, -0.1) is 0 Å². The smallest absolute Gasteiger partial charge is 0.403 e. The average Bonchev–Trinajstić information content (AvgIpc) is 3.09. The molecule has 1 aromatic carbocycles. The van der Waals surface area contributed by atoms with Gasteiger partial charge in [0.05, 0.1) is 17.8 Å². The van der Waals surface area contributed by atoms with E-state index in [9.17, 15) is 0 Å². The number of hydroxylamine groups is 2. The second-order valence-corrected chi connectivity index (χ2v) is 10.3. The Balaban J connectivity index is 1.35. The fourth-order valence-corrected chi connectivity index (χ4v) is 4.83. The first-order valence-electron chi connectivity index (χ1n) is 11.4. The third-order valence-electron chi connectivity index (χ3n) is 7.27. The van der Waals surface area contributed by atoms with E-state index in [1.54, 1.807) is 0 Å². The van der Waals surface area contributed by atoms with Crippen molar-refractivity contribution in [1.82, 2.24) is 5.06 Å². The quantitative estimate of drug-likeness (QED) is 0.399. The summed E-state index contributed by atoms with van der Waals surface area (Å²) in [6.45, 7) is 12.6. The van der Waals surface area contributed by atoms with Gasteiger partial charge in [-0.3, -0.25) is 4.84 Å². The van der Waals surface area contributed by atoms with E-state index >= 15 is 0 Å². The van der Waals surface area contributed by atoms with Crippen LogP contribution in [0, 0.1) is 17.8 Å². The highest BCUT2D eigenvalue weighted by Crippen LogP contribution is 2.41. The third-order valence-corrected chi connectivity index (χ3v) is 7.27. The zero-order valence-corrected chi connectivity index (χ0v) is 19.3. The Morgan fingerprint density at radius 1 is 1.07 bits per heavy atom. The van der Waals surface area contributed by atoms with Gasteiger partial charge in [0.2, 0.25) is 0 Å². The van der Waals surface area contributed by atoms with Crippen LogP contribution in [-0.4, -0.2) is 37.0 Å². The molecule has 3 atom stereocenters. The molecule has 0 amide bonds. The van der Waals surface area contributed by atoms with Gasteiger partial charge >= 0.3 is 7.12 Å². The third kappa shape index (κ3) is 6.07. The molecule has 0 radical (unpaired) electrons. The summed E-state index contributed by atoms with van der Waals surface area (Å²) >= 11 is 0. The molecule has 1 saturated heterocycles. The van der Waals surface area contributed by atoms with Crippen molar-refractivity contribution in [3.05, 3.63) is 35.9 Å². The Morgan fingerprint density at radius 3 is 2.38 bits per heavy atom. The minimum absolute atomic E-state index is 0.0509. The predicted octanol–water partition coefficient (Wildman–Crippen LogP) is 5.58. The highest BCUT2D eigenvalue weighted by Gasteiger charge is 2.50. The minimum Gasteiger partial charge on any atom is -0.403 e. The molecule has 1 aliphatic heterocycles. The first kappa shape index (κ1) is 22.8. The molecule has 4 nitrogen and oxygen atoms in total. The van der Waals surface area contributed by atoms with Crippen LogP contribution in [0.1, 0.15) is 65.9 Å². The lowest BCUT2D eigenvalue weighted by Gasteiger charge is -2.32. The van der Waals surface area contributed by atoms with E-state index < -0.39 is 0 Å².